The van der Waals surface area contributed by atoms with Gasteiger partial charge in [0.25, 0.3) is 0 Å². The molecular formula is C24H26F2N4O3. The maximum atomic E-state index is 14.7. The summed E-state index contributed by atoms with van der Waals surface area (Å²) in [5.41, 5.74) is 0.966. The van der Waals surface area contributed by atoms with Gasteiger partial charge in [0.05, 0.1) is 16.9 Å². The number of amides is 1. The minimum absolute atomic E-state index is 0.0977. The molecule has 4 rings (SSSR count). The van der Waals surface area contributed by atoms with Gasteiger partial charge in [-0.1, -0.05) is 0 Å². The molecule has 3 N–H and O–H groups in total. The van der Waals surface area contributed by atoms with Crippen LogP contribution in [0.1, 0.15) is 32.8 Å². The number of nitrogens with one attached hydrogen (secondary N) is 2. The van der Waals surface area contributed by atoms with E-state index in [4.69, 9.17) is 4.74 Å². The number of ether oxygens (including phenoxy) is 1. The van der Waals surface area contributed by atoms with Crippen molar-refractivity contribution in [3.8, 4) is 5.88 Å². The first kappa shape index (κ1) is 22.6. The van der Waals surface area contributed by atoms with Gasteiger partial charge in [-0.2, -0.15) is 0 Å². The fraction of sp³-hybridized carbons (Fsp3) is 0.333. The number of hydrogen-bond acceptors (Lipinski definition) is 5. The normalized spacial score (nSPS) is 16.6. The number of hydrogen-bond donors (Lipinski definition) is 3. The molecule has 1 saturated heterocycles. The average molecular weight is 456 g/mol. The van der Waals surface area contributed by atoms with Crippen molar-refractivity contribution in [2.75, 3.05) is 18.4 Å². The number of fused-ring (bicyclic) bond motifs is 1. The predicted molar refractivity (Wildman–Crippen MR) is 123 cm³/mol. The van der Waals surface area contributed by atoms with E-state index in [9.17, 15) is 18.7 Å². The largest absolute Gasteiger partial charge is 0.494 e. The molecule has 3 aromatic rings. The highest BCUT2D eigenvalue weighted by Crippen LogP contribution is 2.28. The zero-order valence-corrected chi connectivity index (χ0v) is 18.7. The van der Waals surface area contributed by atoms with E-state index in [0.717, 1.165) is 0 Å². The minimum atomic E-state index is -0.567. The van der Waals surface area contributed by atoms with Crippen LogP contribution in [0, 0.1) is 11.6 Å². The molecule has 1 fully saturated rings. The van der Waals surface area contributed by atoms with Crippen molar-refractivity contribution in [1.29, 1.82) is 0 Å². The quantitative estimate of drug-likeness (QED) is 0.463. The number of halogens is 2. The zero-order valence-electron chi connectivity index (χ0n) is 18.7. The third-order valence-corrected chi connectivity index (χ3v) is 5.27. The molecule has 1 unspecified atom stereocenters. The SMILES string of the molecule is CC(C)(C)OC(=O)N1CCC(Nc2ccc(N=Cc3c(O)[nH]c4ccc(F)cc34)cc2F)C1. The Kier molecular flexibility index (Phi) is 5.97. The predicted octanol–water partition coefficient (Wildman–Crippen LogP) is 5.32. The number of carbonyl (C=O) groups excluding carboxylic acids is 1. The van der Waals surface area contributed by atoms with Crippen LogP contribution >= 0.6 is 0 Å². The van der Waals surface area contributed by atoms with Crippen LogP contribution in [0.15, 0.2) is 41.4 Å². The van der Waals surface area contributed by atoms with E-state index in [-0.39, 0.29) is 18.0 Å². The molecule has 1 aliphatic heterocycles. The number of aromatic nitrogens is 1. The Labute approximate surface area is 190 Å². The topological polar surface area (TPSA) is 89.9 Å². The molecule has 9 heteroatoms. The van der Waals surface area contributed by atoms with E-state index >= 15 is 0 Å². The number of carbonyl (C=O) groups is 1. The van der Waals surface area contributed by atoms with E-state index in [1.54, 1.807) is 17.0 Å². The van der Waals surface area contributed by atoms with Crippen LogP contribution in [0.5, 0.6) is 5.88 Å². The lowest BCUT2D eigenvalue weighted by Gasteiger charge is -2.24. The molecule has 0 aliphatic carbocycles. The van der Waals surface area contributed by atoms with Gasteiger partial charge in [-0.25, -0.2) is 13.6 Å². The Hall–Kier alpha value is -3.62. The average Bonchev–Trinajstić information content (AvgIpc) is 3.31. The van der Waals surface area contributed by atoms with Gasteiger partial charge in [0.15, 0.2) is 5.88 Å². The number of aromatic amines is 1. The molecule has 2 aromatic carbocycles. The van der Waals surface area contributed by atoms with Gasteiger partial charge in [-0.3, -0.25) is 4.99 Å². The van der Waals surface area contributed by atoms with E-state index in [1.165, 1.54) is 30.5 Å². The number of aliphatic imine (C=N–C) groups is 1. The molecule has 2 heterocycles. The van der Waals surface area contributed by atoms with Gasteiger partial charge < -0.3 is 25.0 Å². The second kappa shape index (κ2) is 8.73. The highest BCUT2D eigenvalue weighted by atomic mass is 19.1. The Bertz CT molecular complexity index is 1220. The molecule has 0 saturated carbocycles. The minimum Gasteiger partial charge on any atom is -0.494 e. The Balaban J connectivity index is 1.43. The van der Waals surface area contributed by atoms with Crippen molar-refractivity contribution in [2.45, 2.75) is 38.8 Å². The summed E-state index contributed by atoms with van der Waals surface area (Å²) in [7, 11) is 0. The lowest BCUT2D eigenvalue weighted by atomic mass is 10.2. The lowest BCUT2D eigenvalue weighted by molar-refractivity contribution is 0.0293. The van der Waals surface area contributed by atoms with Gasteiger partial charge >= 0.3 is 6.09 Å². The number of nitrogens with zero attached hydrogens (tertiary/aromatic N) is 2. The van der Waals surface area contributed by atoms with Crippen LogP contribution in [0.3, 0.4) is 0 Å². The number of benzene rings is 2. The van der Waals surface area contributed by atoms with Crippen molar-refractivity contribution in [2.24, 2.45) is 4.99 Å². The van der Waals surface area contributed by atoms with E-state index < -0.39 is 17.2 Å². The summed E-state index contributed by atoms with van der Waals surface area (Å²) in [6, 6.07) is 8.49. The summed E-state index contributed by atoms with van der Waals surface area (Å²) in [5.74, 6) is -1.07. The first-order valence-corrected chi connectivity index (χ1v) is 10.7. The van der Waals surface area contributed by atoms with Gasteiger partial charge in [0.1, 0.15) is 17.2 Å². The molecular weight excluding hydrogens is 430 g/mol. The number of aromatic hydroxyl groups is 1. The standard InChI is InChI=1S/C24H26F2N4O3/c1-24(2,3)33-23(32)30-9-8-16(13-30)28-21-7-5-15(11-19(21)26)27-12-18-17-10-14(25)4-6-20(17)29-22(18)31/h4-7,10-12,16,28-29,31H,8-9,13H2,1-3H3. The van der Waals surface area contributed by atoms with Crippen molar-refractivity contribution >= 4 is 34.6 Å². The van der Waals surface area contributed by atoms with Crippen LogP contribution in [-0.4, -0.2) is 52.0 Å². The van der Waals surface area contributed by atoms with Gasteiger partial charge in [-0.05, 0) is 57.5 Å². The second-order valence-electron chi connectivity index (χ2n) is 9.06. The van der Waals surface area contributed by atoms with Crippen LogP contribution < -0.4 is 5.32 Å². The van der Waals surface area contributed by atoms with Crippen LogP contribution in [0.25, 0.3) is 10.9 Å². The maximum absolute atomic E-state index is 14.7. The fourth-order valence-electron chi connectivity index (χ4n) is 3.73. The summed E-state index contributed by atoms with van der Waals surface area (Å²) >= 11 is 0. The number of rotatable bonds is 4. The van der Waals surface area contributed by atoms with E-state index in [2.05, 4.69) is 15.3 Å². The fourth-order valence-corrected chi connectivity index (χ4v) is 3.73. The summed E-state index contributed by atoms with van der Waals surface area (Å²) in [4.78, 5) is 20.8. The highest BCUT2D eigenvalue weighted by Gasteiger charge is 2.30. The summed E-state index contributed by atoms with van der Waals surface area (Å²) in [6.07, 6.45) is 1.66. The van der Waals surface area contributed by atoms with Gasteiger partial charge in [0.2, 0.25) is 0 Å². The molecule has 0 bridgehead atoms. The van der Waals surface area contributed by atoms with Crippen molar-refractivity contribution in [3.05, 3.63) is 53.6 Å². The third kappa shape index (κ3) is 5.24. The molecule has 1 amide bonds. The highest BCUT2D eigenvalue weighted by molar-refractivity contribution is 6.02. The molecule has 1 aromatic heterocycles. The number of H-pyrrole nitrogens is 1. The Morgan fingerprint density at radius 2 is 2.06 bits per heavy atom. The maximum Gasteiger partial charge on any atom is 0.410 e. The van der Waals surface area contributed by atoms with Crippen molar-refractivity contribution in [3.63, 3.8) is 0 Å². The second-order valence-corrected chi connectivity index (χ2v) is 9.06. The summed E-state index contributed by atoms with van der Waals surface area (Å²) in [6.45, 7) is 6.40. The summed E-state index contributed by atoms with van der Waals surface area (Å²) < 4.78 is 33.6. The van der Waals surface area contributed by atoms with E-state index in [1.807, 2.05) is 20.8 Å². The van der Waals surface area contributed by atoms with Gasteiger partial charge in [-0.15, -0.1) is 0 Å². The van der Waals surface area contributed by atoms with Crippen molar-refractivity contribution in [1.82, 2.24) is 9.88 Å². The Morgan fingerprint density at radius 3 is 2.79 bits per heavy atom. The molecule has 174 valence electrons. The zero-order chi connectivity index (χ0) is 23.8. The lowest BCUT2D eigenvalue weighted by Crippen LogP contribution is -2.36. The third-order valence-electron chi connectivity index (χ3n) is 5.27. The first-order chi connectivity index (χ1) is 15.6. The molecule has 0 spiro atoms. The number of likely N-dealkylation sites (tertiary alicyclic amines) is 1. The molecule has 33 heavy (non-hydrogen) atoms. The molecule has 1 aliphatic rings. The van der Waals surface area contributed by atoms with Crippen LogP contribution in [0.2, 0.25) is 0 Å². The molecule has 0 radical (unpaired) electrons. The van der Waals surface area contributed by atoms with Crippen molar-refractivity contribution < 1.29 is 23.4 Å². The molecule has 1 atom stereocenters. The van der Waals surface area contributed by atoms with Crippen LogP contribution in [-0.2, 0) is 4.74 Å². The van der Waals surface area contributed by atoms with E-state index in [0.29, 0.717) is 47.4 Å². The first-order valence-electron chi connectivity index (χ1n) is 10.7. The Morgan fingerprint density at radius 1 is 1.27 bits per heavy atom. The number of anilines is 1. The van der Waals surface area contributed by atoms with Crippen LogP contribution in [0.4, 0.5) is 25.0 Å². The smallest absolute Gasteiger partial charge is 0.410 e. The monoisotopic (exact) mass is 456 g/mol. The van der Waals surface area contributed by atoms with Gasteiger partial charge in [0, 0.05) is 42.3 Å². The summed E-state index contributed by atoms with van der Waals surface area (Å²) in [5, 5.41) is 13.7. The molecule has 7 nitrogen and oxygen atoms in total.